The Morgan fingerprint density at radius 2 is 2.00 bits per heavy atom. The van der Waals surface area contributed by atoms with Crippen LogP contribution in [0.2, 0.25) is 0 Å². The van der Waals surface area contributed by atoms with Gasteiger partial charge in [-0.1, -0.05) is 24.3 Å². The molecule has 3 aromatic rings. The molecule has 3 heteroatoms. The predicted molar refractivity (Wildman–Crippen MR) is 86.3 cm³/mol. The molecule has 2 aromatic heterocycles. The van der Waals surface area contributed by atoms with Gasteiger partial charge in [0.25, 0.3) is 0 Å². The Balaban J connectivity index is 1.89. The van der Waals surface area contributed by atoms with Gasteiger partial charge in [-0.25, -0.2) is 0 Å². The molecule has 1 atom stereocenters. The summed E-state index contributed by atoms with van der Waals surface area (Å²) in [5.74, 6) is 0. The van der Waals surface area contributed by atoms with Crippen molar-refractivity contribution in [3.8, 4) is 0 Å². The first-order valence-electron chi connectivity index (χ1n) is 6.82. The molecule has 0 aliphatic carbocycles. The van der Waals surface area contributed by atoms with E-state index < -0.39 is 0 Å². The van der Waals surface area contributed by atoms with Gasteiger partial charge in [0, 0.05) is 23.5 Å². The lowest BCUT2D eigenvalue weighted by atomic mass is 10.0. The maximum Gasteiger partial charge on any atom is 0.0705 e. The number of aromatic nitrogens is 1. The van der Waals surface area contributed by atoms with Crippen LogP contribution in [0.4, 0.5) is 0 Å². The maximum atomic E-state index is 4.77. The zero-order valence-electron chi connectivity index (χ0n) is 11.8. The molecule has 0 fully saturated rings. The Bertz CT molecular complexity index is 718. The van der Waals surface area contributed by atoms with Crippen molar-refractivity contribution in [1.29, 1.82) is 0 Å². The number of benzene rings is 1. The number of fused-ring (bicyclic) bond motifs is 1. The third-order valence-corrected chi connectivity index (χ3v) is 4.57. The van der Waals surface area contributed by atoms with Crippen molar-refractivity contribution in [1.82, 2.24) is 10.3 Å². The number of likely N-dealkylation sites (N-methyl/N-ethyl adjacent to an activating group) is 1. The highest BCUT2D eigenvalue weighted by Crippen LogP contribution is 2.24. The number of pyridine rings is 1. The number of rotatable bonds is 4. The minimum atomic E-state index is 0.329. The van der Waals surface area contributed by atoms with E-state index in [0.29, 0.717) is 6.04 Å². The normalized spacial score (nSPS) is 12.7. The average Bonchev–Trinajstić information content (AvgIpc) is 2.91. The summed E-state index contributed by atoms with van der Waals surface area (Å²) in [5.41, 5.74) is 4.94. The third kappa shape index (κ3) is 2.60. The Hall–Kier alpha value is -1.71. The van der Waals surface area contributed by atoms with E-state index in [1.165, 1.54) is 16.5 Å². The van der Waals surface area contributed by atoms with Gasteiger partial charge < -0.3 is 5.32 Å². The smallest absolute Gasteiger partial charge is 0.0705 e. The zero-order valence-corrected chi connectivity index (χ0v) is 12.6. The van der Waals surface area contributed by atoms with Gasteiger partial charge in [0.1, 0.15) is 0 Å². The number of thiophene rings is 1. The summed E-state index contributed by atoms with van der Waals surface area (Å²) in [5, 5.41) is 9.04. The van der Waals surface area contributed by atoms with Crippen LogP contribution in [0.5, 0.6) is 0 Å². The minimum absolute atomic E-state index is 0.329. The summed E-state index contributed by atoms with van der Waals surface area (Å²) in [6.07, 6.45) is 0.916. The van der Waals surface area contributed by atoms with Gasteiger partial charge in [-0.05, 0) is 48.0 Å². The molecule has 20 heavy (non-hydrogen) atoms. The summed E-state index contributed by atoms with van der Waals surface area (Å²) < 4.78 is 0. The molecule has 0 amide bonds. The van der Waals surface area contributed by atoms with Crippen molar-refractivity contribution in [3.63, 3.8) is 0 Å². The number of nitrogens with zero attached hydrogens (tertiary/aromatic N) is 1. The number of nitrogens with one attached hydrogen (secondary N) is 1. The van der Waals surface area contributed by atoms with Crippen LogP contribution in [-0.4, -0.2) is 12.0 Å². The Labute approximate surface area is 123 Å². The van der Waals surface area contributed by atoms with Crippen molar-refractivity contribution in [2.24, 2.45) is 0 Å². The molecule has 0 radical (unpaired) electrons. The summed E-state index contributed by atoms with van der Waals surface area (Å²) in [4.78, 5) is 4.77. The first-order valence-corrected chi connectivity index (χ1v) is 7.77. The molecule has 0 saturated heterocycles. The topological polar surface area (TPSA) is 24.9 Å². The van der Waals surface area contributed by atoms with Crippen molar-refractivity contribution in [2.75, 3.05) is 7.05 Å². The van der Waals surface area contributed by atoms with E-state index in [0.717, 1.165) is 17.6 Å². The maximum absolute atomic E-state index is 4.77. The van der Waals surface area contributed by atoms with E-state index in [1.807, 2.05) is 13.1 Å². The second-order valence-corrected chi connectivity index (χ2v) is 5.79. The van der Waals surface area contributed by atoms with E-state index in [9.17, 15) is 0 Å². The number of hydrogen-bond acceptors (Lipinski definition) is 3. The first-order chi connectivity index (χ1) is 9.78. The average molecular weight is 282 g/mol. The first kappa shape index (κ1) is 13.3. The SMILES string of the molecule is CNC(Cc1ccc2ccccc2n1)c1cscc1C. The van der Waals surface area contributed by atoms with Gasteiger partial charge in [-0.2, -0.15) is 11.3 Å². The molecule has 0 bridgehead atoms. The number of para-hydroxylation sites is 1. The van der Waals surface area contributed by atoms with E-state index in [2.05, 4.69) is 53.3 Å². The zero-order chi connectivity index (χ0) is 13.9. The molecular weight excluding hydrogens is 264 g/mol. The van der Waals surface area contributed by atoms with Crippen LogP contribution in [0.1, 0.15) is 22.9 Å². The monoisotopic (exact) mass is 282 g/mol. The summed E-state index contributed by atoms with van der Waals surface area (Å²) in [7, 11) is 2.02. The van der Waals surface area contributed by atoms with Gasteiger partial charge in [0.15, 0.2) is 0 Å². The molecule has 0 aliphatic rings. The highest BCUT2D eigenvalue weighted by molar-refractivity contribution is 7.08. The lowest BCUT2D eigenvalue weighted by Crippen LogP contribution is -2.19. The molecule has 0 aliphatic heterocycles. The largest absolute Gasteiger partial charge is 0.313 e. The van der Waals surface area contributed by atoms with Crippen LogP contribution in [0.25, 0.3) is 10.9 Å². The lowest BCUT2D eigenvalue weighted by molar-refractivity contribution is 0.584. The summed E-state index contributed by atoms with van der Waals surface area (Å²) >= 11 is 1.76. The van der Waals surface area contributed by atoms with E-state index in [4.69, 9.17) is 4.98 Å². The van der Waals surface area contributed by atoms with Crippen molar-refractivity contribution in [2.45, 2.75) is 19.4 Å². The van der Waals surface area contributed by atoms with E-state index >= 15 is 0 Å². The predicted octanol–water partition coefficient (Wildman–Crippen LogP) is 4.11. The molecule has 1 N–H and O–H groups in total. The van der Waals surface area contributed by atoms with Crippen LogP contribution >= 0.6 is 11.3 Å². The summed E-state index contributed by atoms with van der Waals surface area (Å²) in [6, 6.07) is 12.9. The second-order valence-electron chi connectivity index (χ2n) is 5.05. The molecule has 102 valence electrons. The Morgan fingerprint density at radius 3 is 2.75 bits per heavy atom. The Morgan fingerprint density at radius 1 is 1.15 bits per heavy atom. The number of hydrogen-bond donors (Lipinski definition) is 1. The van der Waals surface area contributed by atoms with Crippen LogP contribution < -0.4 is 5.32 Å². The molecule has 1 aromatic carbocycles. The van der Waals surface area contributed by atoms with Crippen molar-refractivity contribution >= 4 is 22.2 Å². The van der Waals surface area contributed by atoms with E-state index in [1.54, 1.807) is 11.3 Å². The summed E-state index contributed by atoms with van der Waals surface area (Å²) in [6.45, 7) is 2.17. The molecule has 3 rings (SSSR count). The number of aryl methyl sites for hydroxylation is 1. The fraction of sp³-hybridized carbons (Fsp3) is 0.235. The minimum Gasteiger partial charge on any atom is -0.313 e. The lowest BCUT2D eigenvalue weighted by Gasteiger charge is -2.16. The Kier molecular flexibility index (Phi) is 3.81. The van der Waals surface area contributed by atoms with Crippen molar-refractivity contribution in [3.05, 3.63) is 64.0 Å². The van der Waals surface area contributed by atoms with Gasteiger partial charge in [0.2, 0.25) is 0 Å². The van der Waals surface area contributed by atoms with Crippen LogP contribution in [0.15, 0.2) is 47.2 Å². The van der Waals surface area contributed by atoms with Crippen molar-refractivity contribution < 1.29 is 0 Å². The molecule has 0 spiro atoms. The van der Waals surface area contributed by atoms with Gasteiger partial charge in [0.05, 0.1) is 5.52 Å². The molecular formula is C17H18N2S. The van der Waals surface area contributed by atoms with Gasteiger partial charge >= 0.3 is 0 Å². The molecule has 1 unspecified atom stereocenters. The highest BCUT2D eigenvalue weighted by Gasteiger charge is 2.14. The van der Waals surface area contributed by atoms with Crippen LogP contribution in [0.3, 0.4) is 0 Å². The standard InChI is InChI=1S/C17H18N2S/c1-12-10-20-11-15(12)17(18-2)9-14-8-7-13-5-3-4-6-16(13)19-14/h3-8,10-11,17-18H,9H2,1-2H3. The fourth-order valence-corrected chi connectivity index (χ4v) is 3.43. The van der Waals surface area contributed by atoms with Crippen LogP contribution in [-0.2, 0) is 6.42 Å². The highest BCUT2D eigenvalue weighted by atomic mass is 32.1. The second kappa shape index (κ2) is 5.73. The van der Waals surface area contributed by atoms with Crippen LogP contribution in [0, 0.1) is 6.92 Å². The quantitative estimate of drug-likeness (QED) is 0.779. The van der Waals surface area contributed by atoms with Gasteiger partial charge in [-0.3, -0.25) is 4.98 Å². The molecule has 0 saturated carbocycles. The van der Waals surface area contributed by atoms with Gasteiger partial charge in [-0.15, -0.1) is 0 Å². The fourth-order valence-electron chi connectivity index (χ4n) is 2.53. The molecule has 2 heterocycles. The third-order valence-electron chi connectivity index (χ3n) is 3.69. The van der Waals surface area contributed by atoms with E-state index in [-0.39, 0.29) is 0 Å². The molecule has 2 nitrogen and oxygen atoms in total.